The molecule has 5 heteroatoms. The normalized spacial score (nSPS) is 36.5. The van der Waals surface area contributed by atoms with Gasteiger partial charge in [-0.3, -0.25) is 9.59 Å². The lowest BCUT2D eigenvalue weighted by molar-refractivity contribution is -0.126. The topological polar surface area (TPSA) is 55.8 Å². The highest BCUT2D eigenvalue weighted by Crippen LogP contribution is 2.52. The summed E-state index contributed by atoms with van der Waals surface area (Å²) < 4.78 is 11.1. The minimum Gasteiger partial charge on any atom is -0.495 e. The Morgan fingerprint density at radius 1 is 1.24 bits per heavy atom. The van der Waals surface area contributed by atoms with Crippen LogP contribution in [0.1, 0.15) is 6.92 Å². The molecule has 3 aliphatic heterocycles. The lowest BCUT2D eigenvalue weighted by Crippen LogP contribution is -2.38. The van der Waals surface area contributed by atoms with Crippen molar-refractivity contribution in [1.29, 1.82) is 0 Å². The van der Waals surface area contributed by atoms with E-state index in [2.05, 4.69) is 0 Å². The third-order valence-corrected chi connectivity index (χ3v) is 4.66. The number of para-hydroxylation sites is 2. The number of nitrogens with zero attached hydrogens (tertiary/aromatic N) is 1. The summed E-state index contributed by atoms with van der Waals surface area (Å²) in [5.74, 6) is -0.746. The molecular weight excluding hydrogens is 270 g/mol. The first kappa shape index (κ1) is 12.6. The number of methoxy groups -OCH3 is 1. The van der Waals surface area contributed by atoms with Gasteiger partial charge in [0.05, 0.1) is 36.3 Å². The van der Waals surface area contributed by atoms with Gasteiger partial charge in [0.2, 0.25) is 11.8 Å². The molecule has 0 aromatic heterocycles. The fraction of sp³-hybridized carbons (Fsp3) is 0.375. The van der Waals surface area contributed by atoms with E-state index in [4.69, 9.17) is 9.47 Å². The molecule has 0 aliphatic carbocycles. The lowest BCUT2D eigenvalue weighted by Gasteiger charge is -2.24. The highest BCUT2D eigenvalue weighted by atomic mass is 16.5. The Bertz CT molecular complexity index is 683. The number of amides is 2. The summed E-state index contributed by atoms with van der Waals surface area (Å²) in [6.45, 7) is 1.87. The molecule has 2 bridgehead atoms. The number of fused-ring (bicyclic) bond motifs is 5. The van der Waals surface area contributed by atoms with Crippen LogP contribution in [0.25, 0.3) is 0 Å². The van der Waals surface area contributed by atoms with Crippen LogP contribution in [0.2, 0.25) is 0 Å². The van der Waals surface area contributed by atoms with Crippen LogP contribution in [-0.2, 0) is 14.3 Å². The van der Waals surface area contributed by atoms with Crippen molar-refractivity contribution in [3.8, 4) is 5.75 Å². The molecule has 1 aromatic rings. The van der Waals surface area contributed by atoms with Gasteiger partial charge < -0.3 is 9.47 Å². The van der Waals surface area contributed by atoms with Crippen LogP contribution < -0.4 is 9.64 Å². The van der Waals surface area contributed by atoms with Crippen LogP contribution >= 0.6 is 0 Å². The molecule has 3 heterocycles. The summed E-state index contributed by atoms with van der Waals surface area (Å²) >= 11 is 0. The number of hydrogen-bond donors (Lipinski definition) is 0. The van der Waals surface area contributed by atoms with E-state index in [0.29, 0.717) is 11.4 Å². The van der Waals surface area contributed by atoms with Crippen molar-refractivity contribution in [3.63, 3.8) is 0 Å². The minimum absolute atomic E-state index is 0.201. The molecule has 4 atom stereocenters. The molecule has 2 saturated heterocycles. The predicted molar refractivity (Wildman–Crippen MR) is 74.9 cm³/mol. The Labute approximate surface area is 122 Å². The Balaban J connectivity index is 1.80. The first-order valence-electron chi connectivity index (χ1n) is 6.95. The lowest BCUT2D eigenvalue weighted by atomic mass is 9.78. The van der Waals surface area contributed by atoms with Crippen LogP contribution in [0.3, 0.4) is 0 Å². The number of benzene rings is 1. The van der Waals surface area contributed by atoms with Gasteiger partial charge in [0, 0.05) is 0 Å². The van der Waals surface area contributed by atoms with Gasteiger partial charge in [-0.25, -0.2) is 4.90 Å². The zero-order valence-electron chi connectivity index (χ0n) is 11.8. The Hall–Kier alpha value is -2.14. The molecule has 2 fully saturated rings. The van der Waals surface area contributed by atoms with E-state index in [9.17, 15) is 9.59 Å². The van der Waals surface area contributed by atoms with Crippen LogP contribution in [0, 0.1) is 11.8 Å². The second kappa shape index (κ2) is 3.95. The van der Waals surface area contributed by atoms with E-state index in [0.717, 1.165) is 0 Å². The van der Waals surface area contributed by atoms with E-state index in [1.54, 1.807) is 18.2 Å². The van der Waals surface area contributed by atoms with Crippen molar-refractivity contribution in [2.24, 2.45) is 11.8 Å². The largest absolute Gasteiger partial charge is 0.495 e. The molecule has 3 aliphatic rings. The van der Waals surface area contributed by atoms with Crippen molar-refractivity contribution in [1.82, 2.24) is 0 Å². The van der Waals surface area contributed by atoms with Gasteiger partial charge in [0.25, 0.3) is 0 Å². The van der Waals surface area contributed by atoms with Crippen LogP contribution in [0.15, 0.2) is 36.4 Å². The summed E-state index contributed by atoms with van der Waals surface area (Å²) in [4.78, 5) is 26.8. The zero-order valence-corrected chi connectivity index (χ0v) is 11.8. The molecule has 0 N–H and O–H groups in total. The van der Waals surface area contributed by atoms with Crippen molar-refractivity contribution >= 4 is 17.5 Å². The van der Waals surface area contributed by atoms with E-state index < -0.39 is 17.4 Å². The molecule has 0 saturated carbocycles. The number of imide groups is 1. The van der Waals surface area contributed by atoms with Crippen molar-refractivity contribution in [3.05, 3.63) is 36.4 Å². The monoisotopic (exact) mass is 285 g/mol. The van der Waals surface area contributed by atoms with E-state index >= 15 is 0 Å². The van der Waals surface area contributed by atoms with Gasteiger partial charge in [-0.05, 0) is 19.1 Å². The molecule has 5 nitrogen and oxygen atoms in total. The third-order valence-electron chi connectivity index (χ3n) is 4.66. The molecule has 1 aromatic carbocycles. The van der Waals surface area contributed by atoms with Crippen LogP contribution in [0.5, 0.6) is 5.75 Å². The van der Waals surface area contributed by atoms with Gasteiger partial charge in [-0.2, -0.15) is 0 Å². The molecule has 0 spiro atoms. The standard InChI is InChI=1S/C16H15NO4/c1-16-8-7-11(21-16)12-13(16)15(19)17(14(12)18)9-5-3-4-6-10(9)20-2/h3-8,11-13H,1-2H3/t11-,12+,13-,16-/m1/s1. The molecule has 4 rings (SSSR count). The number of carbonyl (C=O) groups excluding carboxylic acids is 2. The molecular formula is C16H15NO4. The summed E-state index contributed by atoms with van der Waals surface area (Å²) in [5.41, 5.74) is -0.161. The molecule has 108 valence electrons. The second-order valence-corrected chi connectivity index (χ2v) is 5.81. The van der Waals surface area contributed by atoms with Gasteiger partial charge in [0.1, 0.15) is 5.75 Å². The van der Waals surface area contributed by atoms with E-state index in [-0.39, 0.29) is 17.9 Å². The van der Waals surface area contributed by atoms with Gasteiger partial charge in [-0.1, -0.05) is 24.3 Å². The molecule has 0 radical (unpaired) electrons. The smallest absolute Gasteiger partial charge is 0.241 e. The van der Waals surface area contributed by atoms with E-state index in [1.807, 2.05) is 25.1 Å². The van der Waals surface area contributed by atoms with Gasteiger partial charge in [0.15, 0.2) is 0 Å². The minimum atomic E-state index is -0.668. The highest BCUT2D eigenvalue weighted by Gasteiger charge is 2.66. The maximum Gasteiger partial charge on any atom is 0.241 e. The molecule has 0 unspecified atom stereocenters. The first-order chi connectivity index (χ1) is 10.1. The predicted octanol–water partition coefficient (Wildman–Crippen LogP) is 1.53. The summed E-state index contributed by atoms with van der Waals surface area (Å²) in [7, 11) is 1.53. The van der Waals surface area contributed by atoms with Crippen LogP contribution in [0.4, 0.5) is 5.69 Å². The Morgan fingerprint density at radius 2 is 2.00 bits per heavy atom. The Kier molecular flexibility index (Phi) is 2.37. The fourth-order valence-corrected chi connectivity index (χ4v) is 3.70. The number of ether oxygens (including phenoxy) is 2. The number of rotatable bonds is 2. The SMILES string of the molecule is COc1ccccc1N1C(=O)[C@H]2[C@H]3C=C[C@@](C)(O3)[C@H]2C1=O. The fourth-order valence-electron chi connectivity index (χ4n) is 3.70. The maximum absolute atomic E-state index is 12.8. The summed E-state index contributed by atoms with van der Waals surface area (Å²) in [5, 5.41) is 0. The number of carbonyl (C=O) groups is 2. The zero-order chi connectivity index (χ0) is 14.8. The molecule has 21 heavy (non-hydrogen) atoms. The highest BCUT2D eigenvalue weighted by molar-refractivity contribution is 6.23. The third kappa shape index (κ3) is 1.44. The average Bonchev–Trinajstić information content (AvgIpc) is 3.08. The van der Waals surface area contributed by atoms with Gasteiger partial charge >= 0.3 is 0 Å². The van der Waals surface area contributed by atoms with E-state index in [1.165, 1.54) is 12.0 Å². The van der Waals surface area contributed by atoms with Crippen molar-refractivity contribution in [2.75, 3.05) is 12.0 Å². The number of hydrogen-bond acceptors (Lipinski definition) is 4. The second-order valence-electron chi connectivity index (χ2n) is 5.81. The maximum atomic E-state index is 12.8. The van der Waals surface area contributed by atoms with Crippen molar-refractivity contribution in [2.45, 2.75) is 18.6 Å². The summed E-state index contributed by atoms with van der Waals surface area (Å²) in [6.07, 6.45) is 3.49. The number of anilines is 1. The quantitative estimate of drug-likeness (QED) is 0.611. The first-order valence-corrected chi connectivity index (χ1v) is 6.95. The van der Waals surface area contributed by atoms with Crippen LogP contribution in [-0.4, -0.2) is 30.6 Å². The average molecular weight is 285 g/mol. The summed E-state index contributed by atoms with van der Waals surface area (Å²) in [6, 6.07) is 7.07. The Morgan fingerprint density at radius 3 is 2.71 bits per heavy atom. The van der Waals surface area contributed by atoms with Gasteiger partial charge in [-0.15, -0.1) is 0 Å². The molecule has 2 amide bonds. The van der Waals surface area contributed by atoms with Crippen molar-refractivity contribution < 1.29 is 19.1 Å².